The molecule has 0 unspecified atom stereocenters. The SMILES string of the molecule is CC(=O)c1c(Cl)cccc1NCCc1c(Cl)cccc1Cl. The number of Topliss-reactive ketones (excluding diaryl/α,β-unsaturated/α-hetero) is 1. The average molecular weight is 343 g/mol. The van der Waals surface area contributed by atoms with Gasteiger partial charge in [-0.3, -0.25) is 4.79 Å². The first kappa shape index (κ1) is 16.2. The van der Waals surface area contributed by atoms with Gasteiger partial charge in [0, 0.05) is 22.3 Å². The third-order valence-corrected chi connectivity index (χ3v) is 4.14. The molecule has 21 heavy (non-hydrogen) atoms. The minimum absolute atomic E-state index is 0.0705. The summed E-state index contributed by atoms with van der Waals surface area (Å²) in [6.45, 7) is 2.10. The van der Waals surface area contributed by atoms with E-state index in [9.17, 15) is 4.79 Å². The van der Waals surface area contributed by atoms with Crippen LogP contribution in [0.4, 0.5) is 5.69 Å². The fourth-order valence-electron chi connectivity index (χ4n) is 2.12. The number of carbonyl (C=O) groups is 1. The standard InChI is InChI=1S/C16H14Cl3NO/c1-10(21)16-14(19)6-3-7-15(16)20-9-8-11-12(17)4-2-5-13(11)18/h2-7,20H,8-9H2,1H3. The van der Waals surface area contributed by atoms with E-state index in [4.69, 9.17) is 34.8 Å². The molecule has 2 aromatic carbocycles. The molecule has 110 valence electrons. The van der Waals surface area contributed by atoms with Crippen molar-refractivity contribution in [1.29, 1.82) is 0 Å². The molecule has 0 aliphatic heterocycles. The zero-order valence-corrected chi connectivity index (χ0v) is 13.7. The Morgan fingerprint density at radius 2 is 1.57 bits per heavy atom. The number of anilines is 1. The Labute approximate surface area is 139 Å². The highest BCUT2D eigenvalue weighted by Gasteiger charge is 2.11. The molecule has 0 aliphatic carbocycles. The van der Waals surface area contributed by atoms with Gasteiger partial charge >= 0.3 is 0 Å². The summed E-state index contributed by atoms with van der Waals surface area (Å²) in [4.78, 5) is 11.7. The lowest BCUT2D eigenvalue weighted by Crippen LogP contribution is -2.09. The van der Waals surface area contributed by atoms with Crippen LogP contribution in [0.5, 0.6) is 0 Å². The third-order valence-electron chi connectivity index (χ3n) is 3.12. The molecule has 0 amide bonds. The number of hydrogen-bond acceptors (Lipinski definition) is 2. The molecule has 2 aromatic rings. The summed E-state index contributed by atoms with van der Waals surface area (Å²) in [5.74, 6) is -0.0705. The highest BCUT2D eigenvalue weighted by atomic mass is 35.5. The summed E-state index contributed by atoms with van der Waals surface area (Å²) in [6, 6.07) is 10.8. The van der Waals surface area contributed by atoms with Gasteiger partial charge in [-0.1, -0.05) is 46.9 Å². The second-order valence-corrected chi connectivity index (χ2v) is 5.82. The van der Waals surface area contributed by atoms with Crippen molar-refractivity contribution in [2.24, 2.45) is 0 Å². The molecular weight excluding hydrogens is 329 g/mol. The van der Waals surface area contributed by atoms with Crippen LogP contribution in [0.2, 0.25) is 15.1 Å². The van der Waals surface area contributed by atoms with Crippen LogP contribution >= 0.6 is 34.8 Å². The number of hydrogen-bond donors (Lipinski definition) is 1. The summed E-state index contributed by atoms with van der Waals surface area (Å²) in [7, 11) is 0. The molecule has 2 rings (SSSR count). The lowest BCUT2D eigenvalue weighted by atomic mass is 10.1. The normalized spacial score (nSPS) is 10.5. The summed E-state index contributed by atoms with van der Waals surface area (Å²) >= 11 is 18.3. The molecule has 0 fully saturated rings. The number of nitrogens with one attached hydrogen (secondary N) is 1. The summed E-state index contributed by atoms with van der Waals surface area (Å²) in [5.41, 5.74) is 2.11. The second kappa shape index (κ2) is 7.17. The van der Waals surface area contributed by atoms with Crippen LogP contribution < -0.4 is 5.32 Å². The number of benzene rings is 2. The van der Waals surface area contributed by atoms with Crippen LogP contribution in [0.1, 0.15) is 22.8 Å². The number of ketones is 1. The quantitative estimate of drug-likeness (QED) is 0.726. The molecule has 5 heteroatoms. The molecule has 0 aromatic heterocycles. The molecule has 1 N–H and O–H groups in total. The molecule has 0 bridgehead atoms. The van der Waals surface area contributed by atoms with Gasteiger partial charge in [0.1, 0.15) is 0 Å². The molecule has 0 aliphatic rings. The number of carbonyl (C=O) groups excluding carboxylic acids is 1. The van der Waals surface area contributed by atoms with Gasteiger partial charge in [0.25, 0.3) is 0 Å². The van der Waals surface area contributed by atoms with Crippen LogP contribution in [0, 0.1) is 0 Å². The lowest BCUT2D eigenvalue weighted by Gasteiger charge is -2.12. The van der Waals surface area contributed by atoms with Gasteiger partial charge in [-0.15, -0.1) is 0 Å². The molecule has 0 saturated heterocycles. The zero-order valence-electron chi connectivity index (χ0n) is 11.4. The third kappa shape index (κ3) is 3.91. The molecule has 0 saturated carbocycles. The Bertz CT molecular complexity index is 650. The van der Waals surface area contributed by atoms with Crippen molar-refractivity contribution in [2.75, 3.05) is 11.9 Å². The van der Waals surface area contributed by atoms with Gasteiger partial charge in [-0.2, -0.15) is 0 Å². The maximum absolute atomic E-state index is 11.7. The monoisotopic (exact) mass is 341 g/mol. The van der Waals surface area contributed by atoms with Crippen LogP contribution in [0.3, 0.4) is 0 Å². The Hall–Kier alpha value is -1.22. The molecule has 0 radical (unpaired) electrons. The topological polar surface area (TPSA) is 29.1 Å². The van der Waals surface area contributed by atoms with Crippen molar-refractivity contribution in [3.05, 3.63) is 62.6 Å². The van der Waals surface area contributed by atoms with Crippen molar-refractivity contribution >= 4 is 46.3 Å². The Morgan fingerprint density at radius 1 is 1.00 bits per heavy atom. The van der Waals surface area contributed by atoms with Crippen molar-refractivity contribution in [2.45, 2.75) is 13.3 Å². The van der Waals surface area contributed by atoms with Crippen LogP contribution in [0.25, 0.3) is 0 Å². The van der Waals surface area contributed by atoms with E-state index in [2.05, 4.69) is 5.32 Å². The summed E-state index contributed by atoms with van der Waals surface area (Å²) in [5, 5.41) is 4.95. The predicted octanol–water partition coefficient (Wildman–Crippen LogP) is 5.50. The second-order valence-electron chi connectivity index (χ2n) is 4.60. The maximum Gasteiger partial charge on any atom is 0.163 e. The first-order valence-electron chi connectivity index (χ1n) is 6.47. The van der Waals surface area contributed by atoms with Crippen molar-refractivity contribution in [3.63, 3.8) is 0 Å². The molecule has 0 atom stereocenters. The molecule has 0 spiro atoms. The Morgan fingerprint density at radius 3 is 2.19 bits per heavy atom. The number of rotatable bonds is 5. The van der Waals surface area contributed by atoms with E-state index in [-0.39, 0.29) is 5.78 Å². The first-order chi connectivity index (χ1) is 10.0. The Kier molecular flexibility index (Phi) is 5.51. The average Bonchev–Trinajstić information content (AvgIpc) is 2.41. The minimum atomic E-state index is -0.0705. The van der Waals surface area contributed by atoms with Crippen LogP contribution in [-0.4, -0.2) is 12.3 Å². The van der Waals surface area contributed by atoms with Gasteiger partial charge in [0.2, 0.25) is 0 Å². The van der Waals surface area contributed by atoms with E-state index < -0.39 is 0 Å². The molecular formula is C16H14Cl3NO. The Balaban J connectivity index is 2.11. The smallest absolute Gasteiger partial charge is 0.163 e. The fraction of sp³-hybridized carbons (Fsp3) is 0.188. The highest BCUT2D eigenvalue weighted by molar-refractivity contribution is 6.36. The maximum atomic E-state index is 11.7. The van der Waals surface area contributed by atoms with Gasteiger partial charge < -0.3 is 5.32 Å². The van der Waals surface area contributed by atoms with Gasteiger partial charge in [0.15, 0.2) is 5.78 Å². The lowest BCUT2D eigenvalue weighted by molar-refractivity contribution is 0.101. The van der Waals surface area contributed by atoms with E-state index in [0.29, 0.717) is 33.6 Å². The largest absolute Gasteiger partial charge is 0.384 e. The van der Waals surface area contributed by atoms with E-state index in [1.807, 2.05) is 24.3 Å². The summed E-state index contributed by atoms with van der Waals surface area (Å²) < 4.78 is 0. The van der Waals surface area contributed by atoms with E-state index in [0.717, 1.165) is 11.3 Å². The van der Waals surface area contributed by atoms with Gasteiger partial charge in [0.05, 0.1) is 10.6 Å². The van der Waals surface area contributed by atoms with Crippen molar-refractivity contribution in [1.82, 2.24) is 0 Å². The van der Waals surface area contributed by atoms with Crippen molar-refractivity contribution < 1.29 is 4.79 Å². The first-order valence-corrected chi connectivity index (χ1v) is 7.60. The van der Waals surface area contributed by atoms with Crippen LogP contribution in [0.15, 0.2) is 36.4 Å². The zero-order chi connectivity index (χ0) is 15.4. The minimum Gasteiger partial charge on any atom is -0.384 e. The molecule has 2 nitrogen and oxygen atoms in total. The number of halogens is 3. The molecule has 0 heterocycles. The van der Waals surface area contributed by atoms with Crippen molar-refractivity contribution in [3.8, 4) is 0 Å². The van der Waals surface area contributed by atoms with E-state index >= 15 is 0 Å². The van der Waals surface area contributed by atoms with E-state index in [1.54, 1.807) is 12.1 Å². The van der Waals surface area contributed by atoms with Gasteiger partial charge in [-0.05, 0) is 43.2 Å². The summed E-state index contributed by atoms with van der Waals surface area (Å²) in [6.07, 6.45) is 0.655. The van der Waals surface area contributed by atoms with E-state index in [1.165, 1.54) is 6.92 Å². The highest BCUT2D eigenvalue weighted by Crippen LogP contribution is 2.27. The predicted molar refractivity (Wildman–Crippen MR) is 90.1 cm³/mol. The van der Waals surface area contributed by atoms with Crippen LogP contribution in [-0.2, 0) is 6.42 Å². The van der Waals surface area contributed by atoms with Gasteiger partial charge in [-0.25, -0.2) is 0 Å². The fourth-order valence-corrected chi connectivity index (χ4v) is 3.02.